The molecule has 2 nitrogen and oxygen atoms in total. The number of Topliss-reactive ketones (excluding diaryl/α,β-unsaturated/α-hetero) is 1. The smallest absolute Gasteiger partial charge is 0.133 e. The Hall–Kier alpha value is -1.31. The molecule has 2 heteroatoms. The molecule has 82 valence electrons. The lowest BCUT2D eigenvalue weighted by atomic mass is 10.0. The number of aryl methyl sites for hydroxylation is 1. The van der Waals surface area contributed by atoms with Gasteiger partial charge in [0.1, 0.15) is 5.78 Å². The first-order valence-electron chi connectivity index (χ1n) is 5.44. The molecule has 0 spiro atoms. The SMILES string of the molecule is CC(C)CC(=O)CCc1ccc(N)cc1. The van der Waals surface area contributed by atoms with Gasteiger partial charge in [0.25, 0.3) is 0 Å². The first-order valence-corrected chi connectivity index (χ1v) is 5.44. The van der Waals surface area contributed by atoms with Crippen LogP contribution in [0.25, 0.3) is 0 Å². The van der Waals surface area contributed by atoms with Gasteiger partial charge in [0.2, 0.25) is 0 Å². The number of carbonyl (C=O) groups is 1. The van der Waals surface area contributed by atoms with Crippen LogP contribution in [0, 0.1) is 5.92 Å². The van der Waals surface area contributed by atoms with Crippen molar-refractivity contribution >= 4 is 11.5 Å². The minimum atomic E-state index is 0.349. The molecule has 0 saturated carbocycles. The molecule has 0 fully saturated rings. The van der Waals surface area contributed by atoms with Crippen LogP contribution in [-0.2, 0) is 11.2 Å². The maximum atomic E-state index is 11.5. The van der Waals surface area contributed by atoms with E-state index in [1.807, 2.05) is 24.3 Å². The lowest BCUT2D eigenvalue weighted by Crippen LogP contribution is -2.04. The highest BCUT2D eigenvalue weighted by Gasteiger charge is 2.05. The van der Waals surface area contributed by atoms with Crippen LogP contribution in [0.2, 0.25) is 0 Å². The summed E-state index contributed by atoms with van der Waals surface area (Å²) in [6.45, 7) is 4.14. The average molecular weight is 205 g/mol. The Morgan fingerprint density at radius 2 is 1.87 bits per heavy atom. The highest BCUT2D eigenvalue weighted by atomic mass is 16.1. The van der Waals surface area contributed by atoms with Gasteiger partial charge < -0.3 is 5.73 Å². The highest BCUT2D eigenvalue weighted by molar-refractivity contribution is 5.78. The molecular weight excluding hydrogens is 186 g/mol. The van der Waals surface area contributed by atoms with Gasteiger partial charge in [-0.05, 0) is 30.0 Å². The van der Waals surface area contributed by atoms with Crippen LogP contribution in [0.1, 0.15) is 32.3 Å². The molecule has 0 radical (unpaired) electrons. The van der Waals surface area contributed by atoms with Crippen molar-refractivity contribution in [1.82, 2.24) is 0 Å². The number of ketones is 1. The third-order valence-electron chi connectivity index (χ3n) is 2.31. The van der Waals surface area contributed by atoms with E-state index in [0.717, 1.165) is 12.1 Å². The van der Waals surface area contributed by atoms with E-state index < -0.39 is 0 Å². The lowest BCUT2D eigenvalue weighted by molar-refractivity contribution is -0.119. The summed E-state index contributed by atoms with van der Waals surface area (Å²) in [4.78, 5) is 11.5. The van der Waals surface area contributed by atoms with Gasteiger partial charge in [-0.2, -0.15) is 0 Å². The standard InChI is InChI=1S/C13H19NO/c1-10(2)9-13(15)8-5-11-3-6-12(14)7-4-11/h3-4,6-7,10H,5,8-9,14H2,1-2H3. The second-order valence-electron chi connectivity index (χ2n) is 4.38. The fraction of sp³-hybridized carbons (Fsp3) is 0.462. The molecule has 0 aliphatic carbocycles. The van der Waals surface area contributed by atoms with Crippen LogP contribution in [-0.4, -0.2) is 5.78 Å². The Bertz CT molecular complexity index is 314. The second kappa shape index (κ2) is 5.54. The Morgan fingerprint density at radius 3 is 2.40 bits per heavy atom. The third-order valence-corrected chi connectivity index (χ3v) is 2.31. The van der Waals surface area contributed by atoms with Gasteiger partial charge in [-0.1, -0.05) is 26.0 Å². The first-order chi connectivity index (χ1) is 7.08. The molecule has 1 aromatic rings. The monoisotopic (exact) mass is 205 g/mol. The van der Waals surface area contributed by atoms with E-state index in [1.165, 1.54) is 5.56 Å². The molecule has 0 aromatic heterocycles. The van der Waals surface area contributed by atoms with Crippen LogP contribution in [0.3, 0.4) is 0 Å². The van der Waals surface area contributed by atoms with E-state index in [1.54, 1.807) is 0 Å². The fourth-order valence-electron chi connectivity index (χ4n) is 1.53. The predicted molar refractivity (Wildman–Crippen MR) is 63.6 cm³/mol. The van der Waals surface area contributed by atoms with E-state index >= 15 is 0 Å². The summed E-state index contributed by atoms with van der Waals surface area (Å²) < 4.78 is 0. The van der Waals surface area contributed by atoms with Crippen molar-refractivity contribution in [2.75, 3.05) is 5.73 Å². The zero-order valence-corrected chi connectivity index (χ0v) is 9.49. The van der Waals surface area contributed by atoms with Gasteiger partial charge in [0, 0.05) is 18.5 Å². The fourth-order valence-corrected chi connectivity index (χ4v) is 1.53. The number of hydrogen-bond donors (Lipinski definition) is 1. The zero-order chi connectivity index (χ0) is 11.3. The van der Waals surface area contributed by atoms with Crippen molar-refractivity contribution in [3.05, 3.63) is 29.8 Å². The predicted octanol–water partition coefficient (Wildman–Crippen LogP) is 2.82. The summed E-state index contributed by atoms with van der Waals surface area (Å²) in [7, 11) is 0. The average Bonchev–Trinajstić information content (AvgIpc) is 2.16. The van der Waals surface area contributed by atoms with E-state index in [-0.39, 0.29) is 0 Å². The molecule has 0 saturated heterocycles. The van der Waals surface area contributed by atoms with E-state index in [9.17, 15) is 4.79 Å². The van der Waals surface area contributed by atoms with Crippen molar-refractivity contribution < 1.29 is 4.79 Å². The largest absolute Gasteiger partial charge is 0.399 e. The molecule has 0 heterocycles. The molecule has 1 aromatic carbocycles. The van der Waals surface area contributed by atoms with Crippen molar-refractivity contribution in [2.45, 2.75) is 33.1 Å². The van der Waals surface area contributed by atoms with Crippen LogP contribution in [0.5, 0.6) is 0 Å². The Morgan fingerprint density at radius 1 is 1.27 bits per heavy atom. The maximum Gasteiger partial charge on any atom is 0.133 e. The van der Waals surface area contributed by atoms with Gasteiger partial charge in [-0.25, -0.2) is 0 Å². The van der Waals surface area contributed by atoms with E-state index in [0.29, 0.717) is 24.5 Å². The zero-order valence-electron chi connectivity index (χ0n) is 9.49. The van der Waals surface area contributed by atoms with Gasteiger partial charge in [-0.3, -0.25) is 4.79 Å². The normalized spacial score (nSPS) is 10.6. The molecule has 0 aliphatic heterocycles. The second-order valence-corrected chi connectivity index (χ2v) is 4.38. The lowest BCUT2D eigenvalue weighted by Gasteiger charge is -2.04. The molecule has 2 N–H and O–H groups in total. The van der Waals surface area contributed by atoms with Gasteiger partial charge in [-0.15, -0.1) is 0 Å². The summed E-state index contributed by atoms with van der Waals surface area (Å²) in [5, 5.41) is 0. The number of hydrogen-bond acceptors (Lipinski definition) is 2. The Kier molecular flexibility index (Phi) is 4.35. The summed E-state index contributed by atoms with van der Waals surface area (Å²) in [5.74, 6) is 0.811. The van der Waals surface area contributed by atoms with E-state index in [4.69, 9.17) is 5.73 Å². The van der Waals surface area contributed by atoms with Crippen LogP contribution in [0.15, 0.2) is 24.3 Å². The number of rotatable bonds is 5. The molecule has 0 unspecified atom stereocenters. The topological polar surface area (TPSA) is 43.1 Å². The number of anilines is 1. The van der Waals surface area contributed by atoms with Crippen LogP contribution >= 0.6 is 0 Å². The van der Waals surface area contributed by atoms with Crippen molar-refractivity contribution in [1.29, 1.82) is 0 Å². The van der Waals surface area contributed by atoms with Crippen LogP contribution < -0.4 is 5.73 Å². The highest BCUT2D eigenvalue weighted by Crippen LogP contribution is 2.10. The summed E-state index contributed by atoms with van der Waals surface area (Å²) in [6.07, 6.45) is 2.16. The number of benzene rings is 1. The summed E-state index contributed by atoms with van der Waals surface area (Å²) >= 11 is 0. The summed E-state index contributed by atoms with van der Waals surface area (Å²) in [5.41, 5.74) is 7.53. The van der Waals surface area contributed by atoms with Crippen molar-refractivity contribution in [3.63, 3.8) is 0 Å². The van der Waals surface area contributed by atoms with Gasteiger partial charge >= 0.3 is 0 Å². The van der Waals surface area contributed by atoms with E-state index in [2.05, 4.69) is 13.8 Å². The van der Waals surface area contributed by atoms with Crippen LogP contribution in [0.4, 0.5) is 5.69 Å². The van der Waals surface area contributed by atoms with Gasteiger partial charge in [0.05, 0.1) is 0 Å². The minimum Gasteiger partial charge on any atom is -0.399 e. The first kappa shape index (κ1) is 11.8. The van der Waals surface area contributed by atoms with Gasteiger partial charge in [0.15, 0.2) is 0 Å². The Labute approximate surface area is 91.5 Å². The molecule has 15 heavy (non-hydrogen) atoms. The van der Waals surface area contributed by atoms with Crippen molar-refractivity contribution in [3.8, 4) is 0 Å². The number of nitrogens with two attached hydrogens (primary N) is 1. The minimum absolute atomic E-state index is 0.349. The molecule has 1 rings (SSSR count). The molecule has 0 bridgehead atoms. The maximum absolute atomic E-state index is 11.5. The number of nitrogen functional groups attached to an aromatic ring is 1. The molecule has 0 atom stereocenters. The quantitative estimate of drug-likeness (QED) is 0.751. The third kappa shape index (κ3) is 4.63. The molecular formula is C13H19NO. The Balaban J connectivity index is 2.37. The van der Waals surface area contributed by atoms with Crippen molar-refractivity contribution in [2.24, 2.45) is 5.92 Å². The summed E-state index contributed by atoms with van der Waals surface area (Å²) in [6, 6.07) is 7.72. The molecule has 0 amide bonds. The molecule has 0 aliphatic rings. The number of carbonyl (C=O) groups excluding carboxylic acids is 1.